The fourth-order valence-corrected chi connectivity index (χ4v) is 2.51. The number of nitrogens with one attached hydrogen (secondary N) is 1. The minimum Gasteiger partial charge on any atom is -0.496 e. The molecule has 0 aromatic heterocycles. The van der Waals surface area contributed by atoms with Gasteiger partial charge in [-0.3, -0.25) is 0 Å². The highest BCUT2D eigenvalue weighted by Crippen LogP contribution is 2.26. The second-order valence-corrected chi connectivity index (χ2v) is 4.81. The van der Waals surface area contributed by atoms with Crippen LogP contribution in [0.15, 0.2) is 18.2 Å². The van der Waals surface area contributed by atoms with Gasteiger partial charge < -0.3 is 10.1 Å². The van der Waals surface area contributed by atoms with E-state index in [2.05, 4.69) is 5.32 Å². The van der Waals surface area contributed by atoms with E-state index in [1.807, 2.05) is 18.2 Å². The van der Waals surface area contributed by atoms with Crippen molar-refractivity contribution in [2.75, 3.05) is 20.2 Å². The lowest BCUT2D eigenvalue weighted by Crippen LogP contribution is -2.30. The van der Waals surface area contributed by atoms with Crippen molar-refractivity contribution in [2.24, 2.45) is 5.92 Å². The molecule has 1 aromatic carbocycles. The zero-order valence-corrected chi connectivity index (χ0v) is 10.4. The van der Waals surface area contributed by atoms with Gasteiger partial charge in [0.1, 0.15) is 5.75 Å². The summed E-state index contributed by atoms with van der Waals surface area (Å²) in [4.78, 5) is 0. The number of methoxy groups -OCH3 is 1. The number of benzene rings is 1. The summed E-state index contributed by atoms with van der Waals surface area (Å²) in [5, 5.41) is 4.22. The Morgan fingerprint density at radius 3 is 3.06 bits per heavy atom. The maximum Gasteiger partial charge on any atom is 0.122 e. The Morgan fingerprint density at radius 1 is 1.50 bits per heavy atom. The van der Waals surface area contributed by atoms with Crippen LogP contribution in [0.4, 0.5) is 0 Å². The maximum atomic E-state index is 6.02. The van der Waals surface area contributed by atoms with E-state index in [-0.39, 0.29) is 0 Å². The molecule has 1 heterocycles. The summed E-state index contributed by atoms with van der Waals surface area (Å²) in [6, 6.07) is 5.85. The zero-order chi connectivity index (χ0) is 11.4. The molecule has 0 unspecified atom stereocenters. The van der Waals surface area contributed by atoms with E-state index < -0.39 is 0 Å². The van der Waals surface area contributed by atoms with E-state index in [1.54, 1.807) is 7.11 Å². The second-order valence-electron chi connectivity index (χ2n) is 4.37. The summed E-state index contributed by atoms with van der Waals surface area (Å²) < 4.78 is 5.36. The van der Waals surface area contributed by atoms with Gasteiger partial charge in [-0.1, -0.05) is 11.6 Å². The molecular weight excluding hydrogens is 222 g/mol. The molecule has 1 aliphatic rings. The number of ether oxygens (including phenoxy) is 1. The van der Waals surface area contributed by atoms with Gasteiger partial charge in [-0.15, -0.1) is 0 Å². The van der Waals surface area contributed by atoms with Crippen molar-refractivity contribution in [1.82, 2.24) is 5.32 Å². The first-order valence-electron chi connectivity index (χ1n) is 5.82. The average Bonchev–Trinajstić information content (AvgIpc) is 2.31. The fourth-order valence-electron chi connectivity index (χ4n) is 2.32. The largest absolute Gasteiger partial charge is 0.496 e. The third-order valence-corrected chi connectivity index (χ3v) is 3.39. The molecule has 88 valence electrons. The van der Waals surface area contributed by atoms with Crippen molar-refractivity contribution in [3.63, 3.8) is 0 Å². The topological polar surface area (TPSA) is 21.3 Å². The number of rotatable bonds is 3. The van der Waals surface area contributed by atoms with Gasteiger partial charge in [-0.2, -0.15) is 0 Å². The molecule has 3 heteroatoms. The quantitative estimate of drug-likeness (QED) is 0.876. The summed E-state index contributed by atoms with van der Waals surface area (Å²) in [6.07, 6.45) is 3.62. The normalized spacial score (nSPS) is 20.8. The maximum absolute atomic E-state index is 6.02. The van der Waals surface area contributed by atoms with E-state index in [1.165, 1.54) is 18.4 Å². The van der Waals surface area contributed by atoms with Gasteiger partial charge in [0.2, 0.25) is 0 Å². The molecule has 2 nitrogen and oxygen atoms in total. The van der Waals surface area contributed by atoms with Crippen LogP contribution in [0.3, 0.4) is 0 Å². The van der Waals surface area contributed by atoms with Crippen molar-refractivity contribution in [2.45, 2.75) is 19.3 Å². The highest BCUT2D eigenvalue weighted by atomic mass is 35.5. The predicted octanol–water partition coefficient (Wildman–Crippen LogP) is 2.89. The van der Waals surface area contributed by atoms with Crippen molar-refractivity contribution < 1.29 is 4.74 Å². The molecule has 0 bridgehead atoms. The Bertz CT molecular complexity index is 348. The first kappa shape index (κ1) is 11.7. The van der Waals surface area contributed by atoms with Crippen LogP contribution < -0.4 is 10.1 Å². The molecule has 1 saturated heterocycles. The molecule has 16 heavy (non-hydrogen) atoms. The molecule has 1 fully saturated rings. The Hall–Kier alpha value is -0.730. The van der Waals surface area contributed by atoms with Crippen LogP contribution in [-0.4, -0.2) is 20.2 Å². The molecule has 2 rings (SSSR count). The van der Waals surface area contributed by atoms with Crippen molar-refractivity contribution in [1.29, 1.82) is 0 Å². The molecule has 0 spiro atoms. The van der Waals surface area contributed by atoms with Crippen LogP contribution in [0.1, 0.15) is 18.4 Å². The Balaban J connectivity index is 2.09. The molecule has 1 aliphatic heterocycles. The van der Waals surface area contributed by atoms with Gasteiger partial charge in [0.15, 0.2) is 0 Å². The molecule has 1 N–H and O–H groups in total. The third-order valence-electron chi connectivity index (χ3n) is 3.15. The molecule has 0 saturated carbocycles. The number of hydrogen-bond acceptors (Lipinski definition) is 2. The Labute approximate surface area is 102 Å². The molecule has 1 aromatic rings. The Kier molecular flexibility index (Phi) is 4.08. The SMILES string of the molecule is COc1ccc(Cl)cc1C[C@H]1CCCNC1. The summed E-state index contributed by atoms with van der Waals surface area (Å²) in [5.41, 5.74) is 1.23. The van der Waals surface area contributed by atoms with Gasteiger partial charge in [0.25, 0.3) is 0 Å². The van der Waals surface area contributed by atoms with Crippen LogP contribution in [0.25, 0.3) is 0 Å². The van der Waals surface area contributed by atoms with E-state index in [0.717, 1.165) is 30.3 Å². The lowest BCUT2D eigenvalue weighted by atomic mass is 9.92. The van der Waals surface area contributed by atoms with E-state index in [9.17, 15) is 0 Å². The van der Waals surface area contributed by atoms with Gasteiger partial charge in [-0.25, -0.2) is 0 Å². The Morgan fingerprint density at radius 2 is 2.38 bits per heavy atom. The smallest absolute Gasteiger partial charge is 0.122 e. The van der Waals surface area contributed by atoms with E-state index in [0.29, 0.717) is 5.92 Å². The minimum absolute atomic E-state index is 0.709. The second kappa shape index (κ2) is 5.55. The molecule has 1 atom stereocenters. The van der Waals surface area contributed by atoms with E-state index in [4.69, 9.17) is 16.3 Å². The summed E-state index contributed by atoms with van der Waals surface area (Å²) in [7, 11) is 1.71. The molecule has 0 aliphatic carbocycles. The minimum atomic E-state index is 0.709. The van der Waals surface area contributed by atoms with Crippen LogP contribution >= 0.6 is 11.6 Å². The van der Waals surface area contributed by atoms with Crippen LogP contribution in [-0.2, 0) is 6.42 Å². The number of hydrogen-bond donors (Lipinski definition) is 1. The highest BCUT2D eigenvalue weighted by molar-refractivity contribution is 6.30. The van der Waals surface area contributed by atoms with Crippen molar-refractivity contribution in [3.8, 4) is 5.75 Å². The van der Waals surface area contributed by atoms with Gasteiger partial charge in [0.05, 0.1) is 7.11 Å². The van der Waals surface area contributed by atoms with Crippen LogP contribution in [0.2, 0.25) is 5.02 Å². The predicted molar refractivity (Wildman–Crippen MR) is 67.3 cm³/mol. The fraction of sp³-hybridized carbons (Fsp3) is 0.538. The van der Waals surface area contributed by atoms with Crippen molar-refractivity contribution >= 4 is 11.6 Å². The summed E-state index contributed by atoms with van der Waals surface area (Å²) in [5.74, 6) is 1.66. The summed E-state index contributed by atoms with van der Waals surface area (Å²) in [6.45, 7) is 2.26. The number of piperidine rings is 1. The van der Waals surface area contributed by atoms with Gasteiger partial charge in [0, 0.05) is 5.02 Å². The molecule has 0 radical (unpaired) electrons. The van der Waals surface area contributed by atoms with Gasteiger partial charge >= 0.3 is 0 Å². The first-order chi connectivity index (χ1) is 7.79. The number of halogens is 1. The van der Waals surface area contributed by atoms with Crippen LogP contribution in [0.5, 0.6) is 5.75 Å². The van der Waals surface area contributed by atoms with E-state index >= 15 is 0 Å². The lowest BCUT2D eigenvalue weighted by molar-refractivity contribution is 0.364. The zero-order valence-electron chi connectivity index (χ0n) is 9.63. The highest BCUT2D eigenvalue weighted by Gasteiger charge is 2.15. The average molecular weight is 240 g/mol. The monoisotopic (exact) mass is 239 g/mol. The van der Waals surface area contributed by atoms with Crippen molar-refractivity contribution in [3.05, 3.63) is 28.8 Å². The summed E-state index contributed by atoms with van der Waals surface area (Å²) >= 11 is 6.02. The van der Waals surface area contributed by atoms with Gasteiger partial charge in [-0.05, 0) is 62.0 Å². The lowest BCUT2D eigenvalue weighted by Gasteiger charge is -2.23. The molecular formula is C13H18ClNO. The standard InChI is InChI=1S/C13H18ClNO/c1-16-13-5-4-12(14)8-11(13)7-10-3-2-6-15-9-10/h4-5,8,10,15H,2-3,6-7,9H2,1H3/t10-/m1/s1. The third kappa shape index (κ3) is 2.89. The molecule has 0 amide bonds. The van der Waals surface area contributed by atoms with Crippen LogP contribution in [0, 0.1) is 5.92 Å². The first-order valence-corrected chi connectivity index (χ1v) is 6.20.